The lowest BCUT2D eigenvalue weighted by Crippen LogP contribution is -2.39. The van der Waals surface area contributed by atoms with Crippen LogP contribution in [-0.4, -0.2) is 62.8 Å². The minimum Gasteiger partial charge on any atom is -0.382 e. The van der Waals surface area contributed by atoms with Gasteiger partial charge >= 0.3 is 0 Å². The summed E-state index contributed by atoms with van der Waals surface area (Å²) in [5.41, 5.74) is 0. The zero-order chi connectivity index (χ0) is 15.3. The Labute approximate surface area is 153 Å². The Bertz CT molecular complexity index is 289. The summed E-state index contributed by atoms with van der Waals surface area (Å²) in [6.07, 6.45) is 4.82. The summed E-state index contributed by atoms with van der Waals surface area (Å²) in [5, 5.41) is 6.75. The molecule has 132 valence electrons. The fraction of sp³-hybridized carbons (Fsp3) is 0.938. The monoisotopic (exact) mass is 426 g/mol. The summed E-state index contributed by atoms with van der Waals surface area (Å²) < 4.78 is 5.35. The molecule has 0 amide bonds. The molecule has 1 aliphatic heterocycles. The first-order valence-corrected chi connectivity index (χ1v) is 8.65. The SMILES string of the molecule is CCNC(=NCC1CCCN1CC)NCCCCOCC.I. The first-order valence-electron chi connectivity index (χ1n) is 8.65. The number of likely N-dealkylation sites (tertiary alicyclic amines) is 1. The molecule has 1 rings (SSSR count). The van der Waals surface area contributed by atoms with Gasteiger partial charge in [0.15, 0.2) is 5.96 Å². The lowest BCUT2D eigenvalue weighted by Gasteiger charge is -2.21. The highest BCUT2D eigenvalue weighted by Gasteiger charge is 2.22. The fourth-order valence-corrected chi connectivity index (χ4v) is 2.74. The molecule has 5 nitrogen and oxygen atoms in total. The third-order valence-corrected chi connectivity index (χ3v) is 3.92. The molecular formula is C16H35IN4O. The van der Waals surface area contributed by atoms with Gasteiger partial charge in [-0.05, 0) is 52.6 Å². The number of nitrogens with zero attached hydrogens (tertiary/aromatic N) is 2. The number of likely N-dealkylation sites (N-methyl/N-ethyl adjacent to an activating group) is 1. The molecule has 0 aromatic rings. The first-order chi connectivity index (χ1) is 10.3. The lowest BCUT2D eigenvalue weighted by atomic mass is 10.2. The zero-order valence-corrected chi connectivity index (χ0v) is 16.9. The quantitative estimate of drug-likeness (QED) is 0.244. The van der Waals surface area contributed by atoms with E-state index in [4.69, 9.17) is 9.73 Å². The van der Waals surface area contributed by atoms with Crippen LogP contribution in [0, 0.1) is 0 Å². The molecule has 1 aliphatic rings. The fourth-order valence-electron chi connectivity index (χ4n) is 2.74. The van der Waals surface area contributed by atoms with Gasteiger partial charge in [-0.25, -0.2) is 0 Å². The van der Waals surface area contributed by atoms with Gasteiger partial charge in [-0.1, -0.05) is 6.92 Å². The smallest absolute Gasteiger partial charge is 0.191 e. The van der Waals surface area contributed by atoms with Crippen LogP contribution in [0.2, 0.25) is 0 Å². The number of nitrogens with one attached hydrogen (secondary N) is 2. The van der Waals surface area contributed by atoms with Gasteiger partial charge in [-0.3, -0.25) is 9.89 Å². The maximum Gasteiger partial charge on any atom is 0.191 e. The molecule has 1 unspecified atom stereocenters. The van der Waals surface area contributed by atoms with Crippen LogP contribution >= 0.6 is 24.0 Å². The summed E-state index contributed by atoms with van der Waals surface area (Å²) in [5.74, 6) is 0.955. The van der Waals surface area contributed by atoms with E-state index >= 15 is 0 Å². The van der Waals surface area contributed by atoms with Crippen molar-refractivity contribution in [2.24, 2.45) is 4.99 Å². The van der Waals surface area contributed by atoms with Crippen molar-refractivity contribution in [3.8, 4) is 0 Å². The number of hydrogen-bond donors (Lipinski definition) is 2. The van der Waals surface area contributed by atoms with E-state index < -0.39 is 0 Å². The van der Waals surface area contributed by atoms with Gasteiger partial charge in [0.25, 0.3) is 0 Å². The van der Waals surface area contributed by atoms with Crippen molar-refractivity contribution in [1.29, 1.82) is 0 Å². The second-order valence-electron chi connectivity index (χ2n) is 5.48. The molecule has 1 saturated heterocycles. The number of hydrogen-bond acceptors (Lipinski definition) is 3. The summed E-state index contributed by atoms with van der Waals surface area (Å²) >= 11 is 0. The van der Waals surface area contributed by atoms with Gasteiger partial charge in [0.2, 0.25) is 0 Å². The highest BCUT2D eigenvalue weighted by molar-refractivity contribution is 14.0. The maximum absolute atomic E-state index is 5.35. The van der Waals surface area contributed by atoms with Crippen molar-refractivity contribution < 1.29 is 4.74 Å². The van der Waals surface area contributed by atoms with Gasteiger partial charge in [-0.15, -0.1) is 24.0 Å². The second-order valence-corrected chi connectivity index (χ2v) is 5.48. The van der Waals surface area contributed by atoms with Gasteiger partial charge in [0, 0.05) is 32.3 Å². The van der Waals surface area contributed by atoms with Crippen molar-refractivity contribution in [2.45, 2.75) is 52.5 Å². The molecule has 0 aromatic heterocycles. The maximum atomic E-state index is 5.35. The third-order valence-electron chi connectivity index (χ3n) is 3.92. The van der Waals surface area contributed by atoms with Crippen LogP contribution in [0.3, 0.4) is 0 Å². The normalized spacial score (nSPS) is 19.0. The van der Waals surface area contributed by atoms with E-state index in [1.807, 2.05) is 6.92 Å². The van der Waals surface area contributed by atoms with Crippen LogP contribution in [0.1, 0.15) is 46.5 Å². The number of ether oxygens (including phenoxy) is 1. The van der Waals surface area contributed by atoms with Crippen molar-refractivity contribution in [1.82, 2.24) is 15.5 Å². The molecule has 0 spiro atoms. The predicted molar refractivity (Wildman–Crippen MR) is 105 cm³/mol. The van der Waals surface area contributed by atoms with Crippen molar-refractivity contribution in [3.63, 3.8) is 0 Å². The first kappa shape index (κ1) is 21.9. The van der Waals surface area contributed by atoms with Gasteiger partial charge in [-0.2, -0.15) is 0 Å². The van der Waals surface area contributed by atoms with E-state index in [2.05, 4.69) is 29.4 Å². The van der Waals surface area contributed by atoms with Crippen LogP contribution in [0.4, 0.5) is 0 Å². The average molecular weight is 426 g/mol. The Hall–Kier alpha value is -0.0800. The van der Waals surface area contributed by atoms with Crippen LogP contribution in [0.5, 0.6) is 0 Å². The molecule has 6 heteroatoms. The molecule has 1 atom stereocenters. The minimum atomic E-state index is 0. The lowest BCUT2D eigenvalue weighted by molar-refractivity contribution is 0.143. The van der Waals surface area contributed by atoms with Crippen LogP contribution in [-0.2, 0) is 4.74 Å². The highest BCUT2D eigenvalue weighted by atomic mass is 127. The summed E-state index contributed by atoms with van der Waals surface area (Å²) in [6.45, 7) is 13.2. The van der Waals surface area contributed by atoms with Crippen molar-refractivity contribution in [2.75, 3.05) is 45.9 Å². The van der Waals surface area contributed by atoms with E-state index in [9.17, 15) is 0 Å². The van der Waals surface area contributed by atoms with Crippen molar-refractivity contribution >= 4 is 29.9 Å². The van der Waals surface area contributed by atoms with E-state index in [1.54, 1.807) is 0 Å². The number of rotatable bonds is 10. The van der Waals surface area contributed by atoms with Crippen LogP contribution in [0.25, 0.3) is 0 Å². The summed E-state index contributed by atoms with van der Waals surface area (Å²) in [6, 6.07) is 0.628. The van der Waals surface area contributed by atoms with Crippen molar-refractivity contribution in [3.05, 3.63) is 0 Å². The Morgan fingerprint density at radius 1 is 1.23 bits per heavy atom. The summed E-state index contributed by atoms with van der Waals surface area (Å²) in [7, 11) is 0. The largest absolute Gasteiger partial charge is 0.382 e. The number of halogens is 1. The Balaban J connectivity index is 0.00000441. The van der Waals surface area contributed by atoms with Crippen LogP contribution in [0.15, 0.2) is 4.99 Å². The van der Waals surface area contributed by atoms with E-state index in [0.717, 1.165) is 58.2 Å². The van der Waals surface area contributed by atoms with E-state index in [1.165, 1.54) is 19.4 Å². The third kappa shape index (κ3) is 9.15. The summed E-state index contributed by atoms with van der Waals surface area (Å²) in [4.78, 5) is 7.29. The van der Waals surface area contributed by atoms with Gasteiger partial charge in [0.1, 0.15) is 0 Å². The standard InChI is InChI=1S/C16H34N4O.HI/c1-4-17-16(18-11-7-8-13-21-6-3)19-14-15-10-9-12-20(15)5-2;/h15H,4-14H2,1-3H3,(H2,17,18,19);1H. The zero-order valence-electron chi connectivity index (χ0n) is 14.6. The van der Waals surface area contributed by atoms with Crippen LogP contribution < -0.4 is 10.6 Å². The van der Waals surface area contributed by atoms with E-state index in [0.29, 0.717) is 6.04 Å². The molecule has 22 heavy (non-hydrogen) atoms. The molecule has 0 saturated carbocycles. The van der Waals surface area contributed by atoms with Gasteiger partial charge in [0.05, 0.1) is 6.54 Å². The second kappa shape index (κ2) is 14.5. The molecule has 0 bridgehead atoms. The molecule has 0 aromatic carbocycles. The van der Waals surface area contributed by atoms with Gasteiger partial charge < -0.3 is 15.4 Å². The Morgan fingerprint density at radius 3 is 2.73 bits per heavy atom. The van der Waals surface area contributed by atoms with E-state index in [-0.39, 0.29) is 24.0 Å². The predicted octanol–water partition coefficient (Wildman–Crippen LogP) is 2.46. The Morgan fingerprint density at radius 2 is 2.05 bits per heavy atom. The molecule has 1 heterocycles. The highest BCUT2D eigenvalue weighted by Crippen LogP contribution is 2.16. The number of unbranched alkanes of at least 4 members (excludes halogenated alkanes) is 1. The average Bonchev–Trinajstić information content (AvgIpc) is 2.95. The molecule has 0 aliphatic carbocycles. The topological polar surface area (TPSA) is 48.9 Å². The molecule has 2 N–H and O–H groups in total. The molecule has 1 fully saturated rings. The molecule has 0 radical (unpaired) electrons. The number of guanidine groups is 1. The minimum absolute atomic E-state index is 0. The molecular weight excluding hydrogens is 391 g/mol. The number of aliphatic imine (C=N–C) groups is 1. The Kier molecular flexibility index (Phi) is 14.5.